The second-order valence-corrected chi connectivity index (χ2v) is 4.83. The van der Waals surface area contributed by atoms with Gasteiger partial charge in [-0.05, 0) is 30.5 Å². The first-order valence-corrected chi connectivity index (χ1v) is 6.86. The Bertz CT molecular complexity index is 343. The van der Waals surface area contributed by atoms with Crippen molar-refractivity contribution >= 4 is 11.6 Å². The van der Waals surface area contributed by atoms with E-state index in [1.165, 1.54) is 30.5 Å². The summed E-state index contributed by atoms with van der Waals surface area (Å²) < 4.78 is 5.44. The lowest BCUT2D eigenvalue weighted by Crippen LogP contribution is -2.27. The molecule has 0 bridgehead atoms. The number of hydrogen-bond donors (Lipinski definition) is 0. The Morgan fingerprint density at radius 2 is 2.00 bits per heavy atom. The zero-order valence-corrected chi connectivity index (χ0v) is 11.0. The smallest absolute Gasteiger partial charge is 0.0602 e. The van der Waals surface area contributed by atoms with Crippen LogP contribution in [-0.2, 0) is 17.7 Å². The van der Waals surface area contributed by atoms with E-state index in [-0.39, 0.29) is 0 Å². The summed E-state index contributed by atoms with van der Waals surface area (Å²) in [5, 5.41) is 0. The molecule has 1 heterocycles. The van der Waals surface area contributed by atoms with Crippen molar-refractivity contribution in [2.24, 2.45) is 0 Å². The van der Waals surface area contributed by atoms with Crippen molar-refractivity contribution < 1.29 is 4.74 Å². The third-order valence-corrected chi connectivity index (χ3v) is 3.36. The van der Waals surface area contributed by atoms with Crippen LogP contribution >= 0.6 is 11.6 Å². The molecular weight excluding hydrogens is 234 g/mol. The predicted octanol–water partition coefficient (Wildman–Crippen LogP) is 2.69. The highest BCUT2D eigenvalue weighted by Crippen LogP contribution is 2.17. The van der Waals surface area contributed by atoms with Gasteiger partial charge < -0.3 is 4.74 Å². The van der Waals surface area contributed by atoms with E-state index in [4.69, 9.17) is 16.3 Å². The topological polar surface area (TPSA) is 12.5 Å². The van der Waals surface area contributed by atoms with Gasteiger partial charge in [-0.2, -0.15) is 0 Å². The first-order chi connectivity index (χ1) is 8.40. The van der Waals surface area contributed by atoms with E-state index in [0.29, 0.717) is 12.5 Å². The maximum absolute atomic E-state index is 5.58. The maximum atomic E-state index is 5.58. The Balaban J connectivity index is 1.85. The molecule has 0 fully saturated rings. The van der Waals surface area contributed by atoms with Crippen molar-refractivity contribution in [3.8, 4) is 0 Å². The molecule has 0 unspecified atom stereocenters. The van der Waals surface area contributed by atoms with Crippen LogP contribution in [0.5, 0.6) is 0 Å². The number of ether oxygens (including phenoxy) is 1. The van der Waals surface area contributed by atoms with Gasteiger partial charge in [-0.1, -0.05) is 24.3 Å². The summed E-state index contributed by atoms with van der Waals surface area (Å²) in [7, 11) is 0. The van der Waals surface area contributed by atoms with Gasteiger partial charge in [0, 0.05) is 19.0 Å². The molecule has 1 aromatic rings. The standard InChI is InChI=1S/C14H20ClNO/c15-7-10-17-11-9-16-8-3-6-13-4-1-2-5-14(13)12-16/h1-2,4-5H,3,6-12H2. The molecule has 0 spiro atoms. The minimum absolute atomic E-state index is 0.586. The van der Waals surface area contributed by atoms with E-state index < -0.39 is 0 Å². The second-order valence-electron chi connectivity index (χ2n) is 4.45. The highest BCUT2D eigenvalue weighted by molar-refractivity contribution is 6.17. The van der Waals surface area contributed by atoms with E-state index >= 15 is 0 Å². The molecule has 2 rings (SSSR count). The summed E-state index contributed by atoms with van der Waals surface area (Å²) >= 11 is 5.58. The van der Waals surface area contributed by atoms with Crippen molar-refractivity contribution in [1.29, 1.82) is 0 Å². The van der Waals surface area contributed by atoms with Crippen molar-refractivity contribution in [3.05, 3.63) is 35.4 Å². The van der Waals surface area contributed by atoms with Gasteiger partial charge >= 0.3 is 0 Å². The highest BCUT2D eigenvalue weighted by Gasteiger charge is 2.13. The van der Waals surface area contributed by atoms with Crippen LogP contribution in [0.4, 0.5) is 0 Å². The third kappa shape index (κ3) is 3.98. The summed E-state index contributed by atoms with van der Waals surface area (Å²) in [5.41, 5.74) is 2.99. The van der Waals surface area contributed by atoms with Crippen LogP contribution in [0.15, 0.2) is 24.3 Å². The first-order valence-electron chi connectivity index (χ1n) is 6.33. The zero-order valence-electron chi connectivity index (χ0n) is 10.2. The summed E-state index contributed by atoms with van der Waals surface area (Å²) in [5.74, 6) is 0.586. The quantitative estimate of drug-likeness (QED) is 0.591. The average molecular weight is 254 g/mol. The average Bonchev–Trinajstić information content (AvgIpc) is 2.56. The fraction of sp³-hybridized carbons (Fsp3) is 0.571. The van der Waals surface area contributed by atoms with Gasteiger partial charge in [-0.15, -0.1) is 11.6 Å². The van der Waals surface area contributed by atoms with E-state index in [0.717, 1.165) is 19.7 Å². The predicted molar refractivity (Wildman–Crippen MR) is 71.6 cm³/mol. The molecule has 0 saturated heterocycles. The van der Waals surface area contributed by atoms with Gasteiger partial charge in [-0.25, -0.2) is 0 Å². The number of alkyl halides is 1. The molecule has 0 radical (unpaired) electrons. The summed E-state index contributed by atoms with van der Waals surface area (Å²) in [4.78, 5) is 2.47. The van der Waals surface area contributed by atoms with E-state index in [1.54, 1.807) is 0 Å². The van der Waals surface area contributed by atoms with Gasteiger partial charge in [0.25, 0.3) is 0 Å². The van der Waals surface area contributed by atoms with Crippen LogP contribution in [0, 0.1) is 0 Å². The molecule has 0 atom stereocenters. The van der Waals surface area contributed by atoms with Gasteiger partial charge in [-0.3, -0.25) is 4.90 Å². The minimum Gasteiger partial charge on any atom is -0.379 e. The molecule has 0 aliphatic carbocycles. The molecule has 1 aliphatic rings. The van der Waals surface area contributed by atoms with Gasteiger partial charge in [0.1, 0.15) is 0 Å². The Labute approximate surface area is 109 Å². The van der Waals surface area contributed by atoms with Crippen LogP contribution < -0.4 is 0 Å². The third-order valence-electron chi connectivity index (χ3n) is 3.21. The highest BCUT2D eigenvalue weighted by atomic mass is 35.5. The van der Waals surface area contributed by atoms with Crippen LogP contribution in [0.2, 0.25) is 0 Å². The van der Waals surface area contributed by atoms with Crippen molar-refractivity contribution in [2.45, 2.75) is 19.4 Å². The van der Waals surface area contributed by atoms with Crippen LogP contribution in [0.25, 0.3) is 0 Å². The number of aryl methyl sites for hydroxylation is 1. The normalized spacial score (nSPS) is 16.5. The molecular formula is C14H20ClNO. The molecule has 17 heavy (non-hydrogen) atoms. The Kier molecular flexibility index (Phi) is 5.30. The van der Waals surface area contributed by atoms with Gasteiger partial charge in [0.05, 0.1) is 13.2 Å². The fourth-order valence-electron chi connectivity index (χ4n) is 2.31. The number of benzene rings is 1. The van der Waals surface area contributed by atoms with Gasteiger partial charge in [0.15, 0.2) is 0 Å². The molecule has 0 saturated carbocycles. The van der Waals surface area contributed by atoms with Crippen molar-refractivity contribution in [2.75, 3.05) is 32.2 Å². The van der Waals surface area contributed by atoms with E-state index in [2.05, 4.69) is 29.2 Å². The van der Waals surface area contributed by atoms with Gasteiger partial charge in [0.2, 0.25) is 0 Å². The van der Waals surface area contributed by atoms with Crippen molar-refractivity contribution in [1.82, 2.24) is 4.90 Å². The molecule has 0 amide bonds. The molecule has 1 aliphatic heterocycles. The number of halogens is 1. The second kappa shape index (κ2) is 7.00. The Hall–Kier alpha value is -0.570. The lowest BCUT2D eigenvalue weighted by atomic mass is 10.0. The molecule has 0 N–H and O–H groups in total. The summed E-state index contributed by atoms with van der Waals surface area (Å²) in [6.45, 7) is 4.67. The molecule has 2 nitrogen and oxygen atoms in total. The number of fused-ring (bicyclic) bond motifs is 1. The Morgan fingerprint density at radius 1 is 1.18 bits per heavy atom. The van der Waals surface area contributed by atoms with Crippen LogP contribution in [0.1, 0.15) is 17.5 Å². The lowest BCUT2D eigenvalue weighted by Gasteiger charge is -2.20. The monoisotopic (exact) mass is 253 g/mol. The molecule has 0 aromatic heterocycles. The summed E-state index contributed by atoms with van der Waals surface area (Å²) in [6, 6.07) is 8.76. The molecule has 3 heteroatoms. The first kappa shape index (κ1) is 12.9. The minimum atomic E-state index is 0.586. The lowest BCUT2D eigenvalue weighted by molar-refractivity contribution is 0.112. The van der Waals surface area contributed by atoms with Crippen molar-refractivity contribution in [3.63, 3.8) is 0 Å². The Morgan fingerprint density at radius 3 is 2.82 bits per heavy atom. The number of rotatable bonds is 5. The SMILES string of the molecule is ClCCOCCN1CCCc2ccccc2C1. The maximum Gasteiger partial charge on any atom is 0.0602 e. The summed E-state index contributed by atoms with van der Waals surface area (Å²) in [6.07, 6.45) is 2.45. The van der Waals surface area contributed by atoms with Crippen LogP contribution in [0.3, 0.4) is 0 Å². The number of nitrogens with zero attached hydrogens (tertiary/aromatic N) is 1. The largest absolute Gasteiger partial charge is 0.379 e. The molecule has 94 valence electrons. The van der Waals surface area contributed by atoms with E-state index in [1.807, 2.05) is 0 Å². The number of hydrogen-bond acceptors (Lipinski definition) is 2. The van der Waals surface area contributed by atoms with Crippen LogP contribution in [-0.4, -0.2) is 37.1 Å². The molecule has 1 aromatic carbocycles. The fourth-order valence-corrected chi connectivity index (χ4v) is 2.42. The zero-order chi connectivity index (χ0) is 11.9. The van der Waals surface area contributed by atoms with E-state index in [9.17, 15) is 0 Å².